The molecule has 0 aliphatic heterocycles. The van der Waals surface area contributed by atoms with E-state index in [2.05, 4.69) is 0 Å². The van der Waals surface area contributed by atoms with Gasteiger partial charge in [-0.2, -0.15) is 0 Å². The summed E-state index contributed by atoms with van der Waals surface area (Å²) in [4.78, 5) is 32.7. The zero-order chi connectivity index (χ0) is 14.1. The summed E-state index contributed by atoms with van der Waals surface area (Å²) in [6, 6.07) is 0. The quantitative estimate of drug-likeness (QED) is 0.265. The molecule has 12 heteroatoms. The van der Waals surface area contributed by atoms with E-state index in [-0.39, 0.29) is 77.7 Å². The van der Waals surface area contributed by atoms with E-state index in [0.29, 0.717) is 0 Å². The second-order valence-electron chi connectivity index (χ2n) is 4.66. The zero-order valence-corrected chi connectivity index (χ0v) is 15.8. The number of ketones is 1. The van der Waals surface area contributed by atoms with Crippen molar-refractivity contribution < 1.29 is 74.0 Å². The Hall–Kier alpha value is -0.260. The van der Waals surface area contributed by atoms with Gasteiger partial charge in [0.2, 0.25) is 0 Å². The molecule has 0 radical (unpaired) electrons. The normalized spacial score (nSPS) is 28.7. The Morgan fingerprint density at radius 3 is 1.90 bits per heavy atom. The van der Waals surface area contributed by atoms with E-state index in [0.717, 1.165) is 0 Å². The Morgan fingerprint density at radius 1 is 1.10 bits per heavy atom. The summed E-state index contributed by atoms with van der Waals surface area (Å²) < 4.78 is 0. The molecule has 0 saturated heterocycles. The molecule has 2 unspecified atom stereocenters. The molecule has 1 aliphatic carbocycles. The first-order valence-corrected chi connectivity index (χ1v) is 5.05. The molecule has 0 aromatic rings. The summed E-state index contributed by atoms with van der Waals surface area (Å²) in [5, 5.41) is 26.9. The molecule has 1 fully saturated rings. The van der Waals surface area contributed by atoms with Gasteiger partial charge < -0.3 is 5.41 Å². The predicted octanol–water partition coefficient (Wildman–Crippen LogP) is -6.54. The van der Waals surface area contributed by atoms with Gasteiger partial charge in [-0.3, -0.25) is 4.79 Å². The van der Waals surface area contributed by atoms with Crippen LogP contribution in [0.3, 0.4) is 0 Å². The molecular weight excluding hydrogens is 292 g/mol. The summed E-state index contributed by atoms with van der Waals surface area (Å²) in [5.74, 6) is -0.535. The molecule has 0 bridgehead atoms. The number of nitrogens with zero attached hydrogens (tertiary/aromatic N) is 2. The van der Waals surface area contributed by atoms with Crippen molar-refractivity contribution in [3.63, 3.8) is 0 Å². The Kier molecular flexibility index (Phi) is 8.44. The maximum atomic E-state index is 11.7. The van der Waals surface area contributed by atoms with Crippen molar-refractivity contribution in [1.29, 1.82) is 5.41 Å². The molecule has 1 aliphatic rings. The van der Waals surface area contributed by atoms with Crippen LogP contribution >= 0.6 is 0 Å². The van der Waals surface area contributed by atoms with E-state index in [1.165, 1.54) is 13.8 Å². The Labute approximate surface area is 158 Å². The van der Waals surface area contributed by atoms with Gasteiger partial charge in [0, 0.05) is 18.6 Å². The number of nitro groups is 2. The second kappa shape index (κ2) is 7.66. The van der Waals surface area contributed by atoms with Crippen molar-refractivity contribution in [3.05, 3.63) is 20.2 Å². The van der Waals surface area contributed by atoms with Gasteiger partial charge in [0.1, 0.15) is 5.54 Å². The smallest absolute Gasteiger partial charge is 0.307 e. The molecule has 3 N–H and O–H groups in total. The Bertz CT molecular complexity index is 409. The number of hydrogen-bond acceptors (Lipinski definition) is 6. The third-order valence-corrected chi connectivity index (χ3v) is 3.00. The van der Waals surface area contributed by atoms with Crippen LogP contribution in [0.5, 0.6) is 0 Å². The fraction of sp³-hybridized carbons (Fsp3) is 0.750. The number of carbonyl (C=O) groups excluding carboxylic acids is 1. The standard InChI is InChI=1S/C8H13N5O5.2Na/c1-7(10-12(15)16)4-8(2,11-13(17)18)6(14)3-5(7)9;;/h9-11H,3-4H2,1-2H3;;/q;2*+1. The zero-order valence-electron chi connectivity index (χ0n) is 11.8. The molecule has 10 nitrogen and oxygen atoms in total. The van der Waals surface area contributed by atoms with Crippen LogP contribution in [0.2, 0.25) is 0 Å². The van der Waals surface area contributed by atoms with Crippen LogP contribution in [-0.2, 0) is 4.79 Å². The second-order valence-corrected chi connectivity index (χ2v) is 4.66. The first-order chi connectivity index (χ1) is 8.09. The van der Waals surface area contributed by atoms with E-state index in [1.807, 2.05) is 10.9 Å². The molecular formula is C8H13N5Na2O5+2. The van der Waals surface area contributed by atoms with Crippen LogP contribution in [0.4, 0.5) is 0 Å². The maximum absolute atomic E-state index is 11.7. The van der Waals surface area contributed by atoms with Crippen LogP contribution in [0, 0.1) is 25.6 Å². The van der Waals surface area contributed by atoms with Crippen molar-refractivity contribution in [1.82, 2.24) is 10.9 Å². The van der Waals surface area contributed by atoms with E-state index in [9.17, 15) is 25.0 Å². The predicted molar refractivity (Wildman–Crippen MR) is 59.0 cm³/mol. The average Bonchev–Trinajstić information content (AvgIpc) is 2.12. The van der Waals surface area contributed by atoms with Gasteiger partial charge in [0.05, 0.1) is 0 Å². The van der Waals surface area contributed by atoms with Crippen LogP contribution in [0.1, 0.15) is 26.7 Å². The van der Waals surface area contributed by atoms with Crippen molar-refractivity contribution in [3.8, 4) is 0 Å². The van der Waals surface area contributed by atoms with Gasteiger partial charge in [-0.25, -0.2) is 20.2 Å². The third kappa shape index (κ3) is 4.93. The van der Waals surface area contributed by atoms with Gasteiger partial charge in [0.15, 0.2) is 21.4 Å². The van der Waals surface area contributed by atoms with Gasteiger partial charge in [-0.05, 0) is 13.8 Å². The Morgan fingerprint density at radius 2 is 1.50 bits per heavy atom. The van der Waals surface area contributed by atoms with E-state index < -0.39 is 26.9 Å². The minimum absolute atomic E-state index is 0. The minimum Gasteiger partial charge on any atom is -0.307 e. The van der Waals surface area contributed by atoms with Crippen molar-refractivity contribution >= 4 is 11.5 Å². The first kappa shape index (κ1) is 22.0. The molecule has 0 aromatic carbocycles. The first-order valence-electron chi connectivity index (χ1n) is 5.05. The largest absolute Gasteiger partial charge is 1.00 e. The van der Waals surface area contributed by atoms with Crippen LogP contribution in [0.25, 0.3) is 0 Å². The van der Waals surface area contributed by atoms with Crippen LogP contribution in [0.15, 0.2) is 0 Å². The summed E-state index contributed by atoms with van der Waals surface area (Å²) in [7, 11) is 0. The van der Waals surface area contributed by atoms with Crippen molar-refractivity contribution in [2.24, 2.45) is 0 Å². The van der Waals surface area contributed by atoms with E-state index in [4.69, 9.17) is 5.41 Å². The molecule has 20 heavy (non-hydrogen) atoms. The Balaban J connectivity index is 0. The molecule has 0 amide bonds. The molecule has 100 valence electrons. The van der Waals surface area contributed by atoms with Gasteiger partial charge in [-0.1, -0.05) is 0 Å². The van der Waals surface area contributed by atoms with Gasteiger partial charge >= 0.3 is 59.1 Å². The fourth-order valence-electron chi connectivity index (χ4n) is 2.07. The summed E-state index contributed by atoms with van der Waals surface area (Å²) in [6.45, 7) is 2.66. The molecule has 0 spiro atoms. The number of hydrogen-bond donors (Lipinski definition) is 3. The molecule has 2 atom stereocenters. The topological polar surface area (TPSA) is 151 Å². The molecule has 1 rings (SSSR count). The van der Waals surface area contributed by atoms with Gasteiger partial charge in [-0.15, -0.1) is 10.9 Å². The van der Waals surface area contributed by atoms with E-state index >= 15 is 0 Å². The SMILES string of the molecule is CC1(N[N+](=O)[O-])CC(C)(N[N+](=O)[O-])C(=O)CC1=N.[Na+].[Na+]. The molecule has 0 aromatic heterocycles. The van der Waals surface area contributed by atoms with E-state index in [1.54, 1.807) is 0 Å². The van der Waals surface area contributed by atoms with Crippen LogP contribution < -0.4 is 70.0 Å². The summed E-state index contributed by atoms with van der Waals surface area (Å²) in [5.41, 5.74) is 0.720. The molecule has 1 saturated carbocycles. The average molecular weight is 305 g/mol. The van der Waals surface area contributed by atoms with Crippen molar-refractivity contribution in [2.75, 3.05) is 0 Å². The van der Waals surface area contributed by atoms with Gasteiger partial charge in [0.25, 0.3) is 0 Å². The number of rotatable bonds is 4. The number of Topliss-reactive ketones (excluding diaryl/α,β-unsaturated/α-hetero) is 1. The summed E-state index contributed by atoms with van der Waals surface area (Å²) in [6.07, 6.45) is -0.617. The maximum Gasteiger partial charge on any atom is 1.00 e. The monoisotopic (exact) mass is 305 g/mol. The fourth-order valence-corrected chi connectivity index (χ4v) is 2.07. The minimum atomic E-state index is -1.54. The number of nitrogens with one attached hydrogen (secondary N) is 3. The molecule has 0 heterocycles. The van der Waals surface area contributed by atoms with Crippen molar-refractivity contribution in [2.45, 2.75) is 37.8 Å². The summed E-state index contributed by atoms with van der Waals surface area (Å²) >= 11 is 0. The number of hydrazine groups is 2. The van der Waals surface area contributed by atoms with Crippen LogP contribution in [-0.4, -0.2) is 32.6 Å². The third-order valence-electron chi connectivity index (χ3n) is 3.00. The number of carbonyl (C=O) groups is 1.